The van der Waals surface area contributed by atoms with E-state index in [9.17, 15) is 19.5 Å². The van der Waals surface area contributed by atoms with Crippen LogP contribution in [0.4, 0.5) is 5.69 Å². The maximum atomic E-state index is 14.3. The van der Waals surface area contributed by atoms with Gasteiger partial charge in [-0.05, 0) is 62.8 Å². The Hall–Kier alpha value is -2.29. The van der Waals surface area contributed by atoms with Crippen molar-refractivity contribution in [2.75, 3.05) is 31.2 Å². The van der Waals surface area contributed by atoms with Crippen LogP contribution >= 0.6 is 23.4 Å². The number of carbonyl (C=O) groups excluding carboxylic acids is 3. The van der Waals surface area contributed by atoms with Gasteiger partial charge in [0.2, 0.25) is 5.91 Å². The fourth-order valence-corrected chi connectivity index (χ4v) is 8.21. The maximum absolute atomic E-state index is 14.3. The molecule has 2 amide bonds. The lowest BCUT2D eigenvalue weighted by molar-refractivity contribution is -0.153. The van der Waals surface area contributed by atoms with Gasteiger partial charge in [0.15, 0.2) is 0 Å². The highest BCUT2D eigenvalue weighted by Crippen LogP contribution is 2.60. The Labute approximate surface area is 226 Å². The van der Waals surface area contributed by atoms with Crippen LogP contribution in [0.3, 0.4) is 0 Å². The summed E-state index contributed by atoms with van der Waals surface area (Å²) < 4.78 is 4.79. The lowest BCUT2D eigenvalue weighted by Crippen LogP contribution is -2.53. The molecular weight excluding hydrogens is 512 g/mol. The number of benzene rings is 1. The zero-order valence-corrected chi connectivity index (χ0v) is 22.3. The van der Waals surface area contributed by atoms with E-state index < -0.39 is 22.6 Å². The summed E-state index contributed by atoms with van der Waals surface area (Å²) in [4.78, 5) is 45.2. The number of nitrogens with zero attached hydrogens (tertiary/aromatic N) is 2. The molecule has 4 aliphatic heterocycles. The molecule has 5 atom stereocenters. The van der Waals surface area contributed by atoms with Gasteiger partial charge in [0.25, 0.3) is 5.91 Å². The largest absolute Gasteiger partial charge is 0.465 e. The molecule has 37 heavy (non-hydrogen) atoms. The van der Waals surface area contributed by atoms with Crippen LogP contribution in [-0.2, 0) is 19.1 Å². The van der Waals surface area contributed by atoms with Gasteiger partial charge >= 0.3 is 5.97 Å². The number of esters is 1. The highest BCUT2D eigenvalue weighted by Gasteiger charge is 2.70. The number of aliphatic hydroxyl groups excluding tert-OH is 1. The molecule has 1 aromatic carbocycles. The van der Waals surface area contributed by atoms with Gasteiger partial charge in [-0.3, -0.25) is 14.4 Å². The van der Waals surface area contributed by atoms with Crippen molar-refractivity contribution in [1.29, 1.82) is 0 Å². The summed E-state index contributed by atoms with van der Waals surface area (Å²) in [6, 6.07) is 6.40. The minimum atomic E-state index is -0.862. The van der Waals surface area contributed by atoms with Crippen molar-refractivity contribution in [2.45, 2.75) is 54.6 Å². The molecule has 198 valence electrons. The molecule has 4 heterocycles. The second kappa shape index (κ2) is 11.2. The molecule has 1 aromatic rings. The van der Waals surface area contributed by atoms with E-state index in [1.54, 1.807) is 33.7 Å². The van der Waals surface area contributed by atoms with Crippen LogP contribution in [0.1, 0.15) is 38.5 Å². The van der Waals surface area contributed by atoms with E-state index in [4.69, 9.17) is 16.3 Å². The summed E-state index contributed by atoms with van der Waals surface area (Å²) in [5, 5.41) is 9.56. The number of ether oxygens (including phenoxy) is 1. The van der Waals surface area contributed by atoms with Crippen LogP contribution < -0.4 is 4.90 Å². The van der Waals surface area contributed by atoms with E-state index in [2.05, 4.69) is 6.08 Å². The number of rotatable bonds is 6. The highest BCUT2D eigenvalue weighted by atomic mass is 35.5. The minimum absolute atomic E-state index is 0.0910. The molecule has 1 N–H and O–H groups in total. The summed E-state index contributed by atoms with van der Waals surface area (Å²) in [7, 11) is 0. The number of amides is 2. The number of halogens is 1. The van der Waals surface area contributed by atoms with Crippen LogP contribution in [0.25, 0.3) is 0 Å². The van der Waals surface area contributed by atoms with Gasteiger partial charge in [-0.25, -0.2) is 0 Å². The highest BCUT2D eigenvalue weighted by molar-refractivity contribution is 8.02. The van der Waals surface area contributed by atoms with Gasteiger partial charge in [0.1, 0.15) is 6.04 Å². The molecule has 2 saturated heterocycles. The van der Waals surface area contributed by atoms with Crippen LogP contribution in [-0.4, -0.2) is 70.1 Å². The van der Waals surface area contributed by atoms with Crippen molar-refractivity contribution in [1.82, 2.24) is 4.90 Å². The molecule has 0 aliphatic carbocycles. The van der Waals surface area contributed by atoms with Crippen LogP contribution in [0.5, 0.6) is 0 Å². The predicted molar refractivity (Wildman–Crippen MR) is 144 cm³/mol. The molecule has 5 rings (SSSR count). The normalized spacial score (nSPS) is 32.4. The first-order chi connectivity index (χ1) is 18.0. The zero-order chi connectivity index (χ0) is 26.0. The Bertz CT molecular complexity index is 1090. The number of anilines is 1. The molecule has 1 spiro atoms. The summed E-state index contributed by atoms with van der Waals surface area (Å²) in [5.41, 5.74) is 0.716. The van der Waals surface area contributed by atoms with E-state index in [1.807, 2.05) is 30.4 Å². The van der Waals surface area contributed by atoms with E-state index in [0.717, 1.165) is 25.7 Å². The van der Waals surface area contributed by atoms with Crippen molar-refractivity contribution in [3.05, 3.63) is 53.6 Å². The topological polar surface area (TPSA) is 87.2 Å². The molecule has 4 aliphatic rings. The van der Waals surface area contributed by atoms with Crippen molar-refractivity contribution < 1.29 is 24.2 Å². The van der Waals surface area contributed by atoms with Crippen molar-refractivity contribution >= 4 is 46.8 Å². The van der Waals surface area contributed by atoms with E-state index in [0.29, 0.717) is 43.2 Å². The smallest absolute Gasteiger partial charge is 0.311 e. The van der Waals surface area contributed by atoms with Gasteiger partial charge in [-0.1, -0.05) is 35.9 Å². The molecule has 0 aromatic heterocycles. The number of hydrogen-bond acceptors (Lipinski definition) is 6. The van der Waals surface area contributed by atoms with Crippen molar-refractivity contribution in [2.24, 2.45) is 11.8 Å². The van der Waals surface area contributed by atoms with Gasteiger partial charge in [0, 0.05) is 35.7 Å². The summed E-state index contributed by atoms with van der Waals surface area (Å²) in [6.07, 6.45) is 12.8. The Kier molecular flexibility index (Phi) is 7.98. The maximum Gasteiger partial charge on any atom is 0.311 e. The van der Waals surface area contributed by atoms with Crippen LogP contribution in [0.2, 0.25) is 5.02 Å². The number of unbranched alkanes of at least 4 members (excludes halogenated alkanes) is 2. The molecule has 0 saturated carbocycles. The fraction of sp³-hybridized carbons (Fsp3) is 0.536. The van der Waals surface area contributed by atoms with Gasteiger partial charge in [-0.15, -0.1) is 11.8 Å². The summed E-state index contributed by atoms with van der Waals surface area (Å²) in [5.74, 6) is -1.98. The van der Waals surface area contributed by atoms with Crippen LogP contribution in [0.15, 0.2) is 48.6 Å². The average molecular weight is 545 g/mol. The second-order valence-corrected chi connectivity index (χ2v) is 12.0. The van der Waals surface area contributed by atoms with E-state index >= 15 is 0 Å². The van der Waals surface area contributed by atoms with E-state index in [-0.39, 0.29) is 29.6 Å². The molecular formula is C28H33ClN2O5S. The van der Waals surface area contributed by atoms with E-state index in [1.165, 1.54) is 0 Å². The lowest BCUT2D eigenvalue weighted by Gasteiger charge is -2.35. The quantitative estimate of drug-likeness (QED) is 0.331. The number of likely N-dealkylation sites (tertiary alicyclic amines) is 1. The predicted octanol–water partition coefficient (Wildman–Crippen LogP) is 3.99. The number of thioether (sulfide) groups is 1. The SMILES string of the molecule is O=C1OCCCC/C=C\[C@H]2S[C@]34C=CCN(c5ccc(Cl)cc5)C(=O)C3N(CCCCCO)C(=O)[C@@H]4[C@@H]12. The first-order valence-electron chi connectivity index (χ1n) is 13.1. The Morgan fingerprint density at radius 1 is 1.05 bits per heavy atom. The third-order valence-electron chi connectivity index (χ3n) is 7.80. The molecule has 2 fully saturated rings. The number of carbonyl (C=O) groups is 3. The number of hydrogen-bond donors (Lipinski definition) is 1. The van der Waals surface area contributed by atoms with Crippen LogP contribution in [0, 0.1) is 11.8 Å². The molecule has 9 heteroatoms. The Balaban J connectivity index is 1.55. The van der Waals surface area contributed by atoms with Gasteiger partial charge in [-0.2, -0.15) is 0 Å². The van der Waals surface area contributed by atoms with Crippen molar-refractivity contribution in [3.63, 3.8) is 0 Å². The average Bonchev–Trinajstić information content (AvgIpc) is 3.27. The fourth-order valence-electron chi connectivity index (χ4n) is 6.08. The number of fused-ring (bicyclic) bond motifs is 2. The zero-order valence-electron chi connectivity index (χ0n) is 20.8. The number of aliphatic hydroxyl groups is 1. The number of cyclic esters (lactones) is 1. The van der Waals surface area contributed by atoms with Gasteiger partial charge < -0.3 is 19.6 Å². The Morgan fingerprint density at radius 2 is 1.86 bits per heavy atom. The lowest BCUT2D eigenvalue weighted by atomic mass is 9.78. The number of allylic oxidation sites excluding steroid dienone is 1. The Morgan fingerprint density at radius 3 is 2.65 bits per heavy atom. The second-order valence-electron chi connectivity index (χ2n) is 10.1. The third-order valence-corrected chi connectivity index (χ3v) is 9.79. The molecule has 1 unspecified atom stereocenters. The first-order valence-corrected chi connectivity index (χ1v) is 14.4. The molecule has 7 nitrogen and oxygen atoms in total. The molecule has 0 bridgehead atoms. The summed E-state index contributed by atoms with van der Waals surface area (Å²) >= 11 is 7.66. The third kappa shape index (κ3) is 4.84. The standard InChI is InChI=1S/C28H33ClN2O5S/c29-19-10-12-20(13-11-19)30-16-8-14-28-23(22-21(37-28)9-4-1-2-7-18-36-27(22)35)25(33)31(24(28)26(30)34)15-5-3-6-17-32/h4,8-14,21-24,32H,1-3,5-7,15-18H2/b9-4-/t21-,22+,23+,24?,28+/m1/s1. The first kappa shape index (κ1) is 26.3. The summed E-state index contributed by atoms with van der Waals surface area (Å²) in [6.45, 7) is 1.21. The van der Waals surface area contributed by atoms with Gasteiger partial charge in [0.05, 0.1) is 23.2 Å². The monoisotopic (exact) mass is 544 g/mol. The molecule has 0 radical (unpaired) electrons. The minimum Gasteiger partial charge on any atom is -0.465 e. The van der Waals surface area contributed by atoms with Crippen molar-refractivity contribution in [3.8, 4) is 0 Å².